The number of halogens is 3. The number of fused-ring (bicyclic) bond motifs is 1. The van der Waals surface area contributed by atoms with E-state index in [1.54, 1.807) is 36.5 Å². The highest BCUT2D eigenvalue weighted by molar-refractivity contribution is 6.03. The maximum Gasteiger partial charge on any atom is 0.416 e. The van der Waals surface area contributed by atoms with Crippen LogP contribution in [0.3, 0.4) is 0 Å². The zero-order valence-electron chi connectivity index (χ0n) is 16.2. The van der Waals surface area contributed by atoms with Crippen LogP contribution in [-0.4, -0.2) is 35.0 Å². The molecule has 2 bridgehead atoms. The summed E-state index contributed by atoms with van der Waals surface area (Å²) in [5.74, 6) is -2.30. The summed E-state index contributed by atoms with van der Waals surface area (Å²) in [5, 5.41) is 2.80. The zero-order chi connectivity index (χ0) is 21.8. The lowest BCUT2D eigenvalue weighted by Gasteiger charge is -2.23. The van der Waals surface area contributed by atoms with E-state index < -0.39 is 41.2 Å². The normalized spacial score (nSPS) is 28.8. The molecule has 0 unspecified atom stereocenters. The predicted octanol–water partition coefficient (Wildman–Crippen LogP) is 2.70. The maximum absolute atomic E-state index is 13.3. The molecule has 2 fully saturated rings. The third-order valence-electron chi connectivity index (χ3n) is 6.06. The number of anilines is 1. The maximum atomic E-state index is 13.3. The second kappa shape index (κ2) is 6.91. The predicted molar refractivity (Wildman–Crippen MR) is 104 cm³/mol. The molecule has 160 valence electrons. The Morgan fingerprint density at radius 3 is 2.84 bits per heavy atom. The molecule has 3 aliphatic heterocycles. The van der Waals surface area contributed by atoms with Gasteiger partial charge in [-0.05, 0) is 30.3 Å². The summed E-state index contributed by atoms with van der Waals surface area (Å²) in [4.78, 5) is 31.7. The van der Waals surface area contributed by atoms with Gasteiger partial charge in [0.1, 0.15) is 5.60 Å². The van der Waals surface area contributed by atoms with Gasteiger partial charge in [-0.1, -0.05) is 24.3 Å². The van der Waals surface area contributed by atoms with Crippen molar-refractivity contribution in [1.29, 1.82) is 0 Å². The van der Waals surface area contributed by atoms with Crippen molar-refractivity contribution >= 4 is 17.5 Å². The van der Waals surface area contributed by atoms with E-state index >= 15 is 0 Å². The molecule has 1 aromatic heterocycles. The van der Waals surface area contributed by atoms with Crippen LogP contribution in [0.2, 0.25) is 0 Å². The summed E-state index contributed by atoms with van der Waals surface area (Å²) in [6, 6.07) is 9.97. The lowest BCUT2D eigenvalue weighted by Crippen LogP contribution is -2.44. The number of alkyl halides is 3. The van der Waals surface area contributed by atoms with Gasteiger partial charge in [0, 0.05) is 11.9 Å². The van der Waals surface area contributed by atoms with Crippen LogP contribution in [0.4, 0.5) is 18.9 Å². The van der Waals surface area contributed by atoms with Crippen LogP contribution < -0.4 is 10.2 Å². The number of hydrogen-bond acceptors (Lipinski definition) is 4. The Morgan fingerprint density at radius 2 is 2.10 bits per heavy atom. The molecule has 4 heterocycles. The summed E-state index contributed by atoms with van der Waals surface area (Å²) in [6.07, 6.45) is 0.0745. The summed E-state index contributed by atoms with van der Waals surface area (Å²) in [5.41, 5.74) is -1.04. The number of hydrogen-bond donors (Lipinski definition) is 1. The van der Waals surface area contributed by atoms with E-state index in [9.17, 15) is 22.8 Å². The fourth-order valence-corrected chi connectivity index (χ4v) is 4.66. The molecule has 1 N–H and O–H groups in total. The third kappa shape index (κ3) is 3.20. The van der Waals surface area contributed by atoms with Crippen LogP contribution >= 0.6 is 0 Å². The molecule has 1 spiro atoms. The molecule has 6 nitrogen and oxygen atoms in total. The second-order valence-electron chi connectivity index (χ2n) is 7.91. The molecule has 0 aliphatic carbocycles. The van der Waals surface area contributed by atoms with E-state index in [-0.39, 0.29) is 24.7 Å². The standard InChI is InChI=1S/C22H18F3N3O3/c23-22(24,25)13-4-3-6-15(10-13)28-12-21-8-7-16(31-21)17(18(21)20(28)30)19(29)27-11-14-5-1-2-9-26-14/h1-10,16-18H,11-12H2,(H,27,29)/t16-,17-,18+,21+/m1/s1. The first kappa shape index (κ1) is 19.7. The Kier molecular flexibility index (Phi) is 4.40. The Bertz CT molecular complexity index is 1070. The fourth-order valence-electron chi connectivity index (χ4n) is 4.66. The number of nitrogens with zero attached hydrogens (tertiary/aromatic N) is 2. The number of amides is 2. The average molecular weight is 429 g/mol. The molecule has 5 rings (SSSR count). The minimum absolute atomic E-state index is 0.0643. The third-order valence-corrected chi connectivity index (χ3v) is 6.06. The first-order valence-electron chi connectivity index (χ1n) is 9.82. The van der Waals surface area contributed by atoms with E-state index in [1.807, 2.05) is 0 Å². The summed E-state index contributed by atoms with van der Waals surface area (Å²) in [7, 11) is 0. The molecule has 2 amide bonds. The van der Waals surface area contributed by atoms with Crippen LogP contribution in [0.1, 0.15) is 11.3 Å². The van der Waals surface area contributed by atoms with Crippen molar-refractivity contribution in [3.05, 3.63) is 72.1 Å². The largest absolute Gasteiger partial charge is 0.416 e. The molecular formula is C22H18F3N3O3. The van der Waals surface area contributed by atoms with Crippen molar-refractivity contribution in [3.8, 4) is 0 Å². The molecule has 31 heavy (non-hydrogen) atoms. The average Bonchev–Trinajstić information content (AvgIpc) is 3.40. The van der Waals surface area contributed by atoms with Crippen molar-refractivity contribution in [1.82, 2.24) is 10.3 Å². The highest BCUT2D eigenvalue weighted by Gasteiger charge is 2.67. The lowest BCUT2D eigenvalue weighted by atomic mass is 9.77. The number of aromatic nitrogens is 1. The van der Waals surface area contributed by atoms with Gasteiger partial charge < -0.3 is 15.0 Å². The van der Waals surface area contributed by atoms with Gasteiger partial charge in [-0.25, -0.2) is 0 Å². The topological polar surface area (TPSA) is 71.5 Å². The number of nitrogens with one attached hydrogen (secondary N) is 1. The van der Waals surface area contributed by atoms with Gasteiger partial charge in [-0.2, -0.15) is 13.2 Å². The van der Waals surface area contributed by atoms with Crippen LogP contribution in [0, 0.1) is 11.8 Å². The fraction of sp³-hybridized carbons (Fsp3) is 0.318. The van der Waals surface area contributed by atoms with E-state index in [4.69, 9.17) is 4.74 Å². The molecule has 0 radical (unpaired) electrons. The van der Waals surface area contributed by atoms with Crippen molar-refractivity contribution < 1.29 is 27.5 Å². The summed E-state index contributed by atoms with van der Waals surface area (Å²) < 4.78 is 45.4. The minimum Gasteiger partial charge on any atom is -0.360 e. The van der Waals surface area contributed by atoms with Crippen LogP contribution in [0.15, 0.2) is 60.8 Å². The van der Waals surface area contributed by atoms with Gasteiger partial charge in [-0.3, -0.25) is 14.6 Å². The number of rotatable bonds is 4. The molecule has 4 atom stereocenters. The van der Waals surface area contributed by atoms with E-state index in [0.717, 1.165) is 12.1 Å². The van der Waals surface area contributed by atoms with Crippen LogP contribution in [0.5, 0.6) is 0 Å². The first-order chi connectivity index (χ1) is 14.8. The highest BCUT2D eigenvalue weighted by Crippen LogP contribution is 2.52. The van der Waals surface area contributed by atoms with Crippen LogP contribution in [-0.2, 0) is 27.0 Å². The van der Waals surface area contributed by atoms with Gasteiger partial charge in [0.25, 0.3) is 0 Å². The Labute approximate surface area is 175 Å². The summed E-state index contributed by atoms with van der Waals surface area (Å²) in [6.45, 7) is 0.271. The van der Waals surface area contributed by atoms with Crippen molar-refractivity contribution in [2.24, 2.45) is 11.8 Å². The number of carbonyl (C=O) groups excluding carboxylic acids is 2. The van der Waals surface area contributed by atoms with Crippen molar-refractivity contribution in [2.45, 2.75) is 24.4 Å². The Balaban J connectivity index is 1.39. The Morgan fingerprint density at radius 1 is 1.26 bits per heavy atom. The van der Waals surface area contributed by atoms with E-state index in [0.29, 0.717) is 5.69 Å². The van der Waals surface area contributed by atoms with Gasteiger partial charge in [-0.15, -0.1) is 0 Å². The first-order valence-corrected chi connectivity index (χ1v) is 9.82. The van der Waals surface area contributed by atoms with Gasteiger partial charge in [0.05, 0.1) is 42.3 Å². The monoisotopic (exact) mass is 429 g/mol. The molecule has 2 saturated heterocycles. The number of pyridine rings is 1. The molecular weight excluding hydrogens is 411 g/mol. The molecule has 3 aliphatic rings. The number of ether oxygens (including phenoxy) is 1. The molecule has 2 aromatic rings. The van der Waals surface area contributed by atoms with Gasteiger partial charge >= 0.3 is 6.18 Å². The van der Waals surface area contributed by atoms with Crippen molar-refractivity contribution in [3.63, 3.8) is 0 Å². The van der Waals surface area contributed by atoms with Crippen LogP contribution in [0.25, 0.3) is 0 Å². The second-order valence-corrected chi connectivity index (χ2v) is 7.91. The molecule has 9 heteroatoms. The number of carbonyl (C=O) groups is 2. The van der Waals surface area contributed by atoms with Gasteiger partial charge in [0.15, 0.2) is 0 Å². The van der Waals surface area contributed by atoms with Crippen molar-refractivity contribution in [2.75, 3.05) is 11.4 Å². The summed E-state index contributed by atoms with van der Waals surface area (Å²) >= 11 is 0. The van der Waals surface area contributed by atoms with E-state index in [2.05, 4.69) is 10.3 Å². The molecule has 1 aromatic carbocycles. The quantitative estimate of drug-likeness (QED) is 0.759. The smallest absolute Gasteiger partial charge is 0.360 e. The SMILES string of the molecule is O=C(NCc1ccccn1)[C@H]1[C@H]2C(=O)N(c3cccc(C(F)(F)F)c3)C[C@@]23C=C[C@H]1O3. The minimum atomic E-state index is -4.52. The lowest BCUT2D eigenvalue weighted by molar-refractivity contribution is -0.137. The Hall–Kier alpha value is -3.20. The van der Waals surface area contributed by atoms with Gasteiger partial charge in [0.2, 0.25) is 11.8 Å². The number of benzene rings is 1. The highest BCUT2D eigenvalue weighted by atomic mass is 19.4. The molecule has 0 saturated carbocycles. The van der Waals surface area contributed by atoms with E-state index in [1.165, 1.54) is 17.0 Å². The zero-order valence-corrected chi connectivity index (χ0v) is 16.2.